The third kappa shape index (κ3) is 2.41. The van der Waals surface area contributed by atoms with Gasteiger partial charge in [0.2, 0.25) is 0 Å². The van der Waals surface area contributed by atoms with Crippen molar-refractivity contribution in [2.75, 3.05) is 0 Å². The highest BCUT2D eigenvalue weighted by atomic mass is 35.5. The van der Waals surface area contributed by atoms with Gasteiger partial charge in [-0.05, 0) is 30.5 Å². The van der Waals surface area contributed by atoms with Gasteiger partial charge in [-0.25, -0.2) is 4.79 Å². The van der Waals surface area contributed by atoms with E-state index in [1.807, 2.05) is 17.5 Å². The summed E-state index contributed by atoms with van der Waals surface area (Å²) in [5, 5.41) is 5.15. The van der Waals surface area contributed by atoms with Gasteiger partial charge < -0.3 is 5.32 Å². The van der Waals surface area contributed by atoms with Crippen molar-refractivity contribution in [2.24, 2.45) is 0 Å². The molecule has 0 unspecified atom stereocenters. The van der Waals surface area contributed by atoms with Crippen LogP contribution in [0.15, 0.2) is 35.8 Å². The molecule has 0 aromatic carbocycles. The summed E-state index contributed by atoms with van der Waals surface area (Å²) < 4.78 is 0. The van der Waals surface area contributed by atoms with Crippen molar-refractivity contribution < 1.29 is 9.59 Å². The van der Waals surface area contributed by atoms with E-state index in [9.17, 15) is 9.59 Å². The lowest BCUT2D eigenvalue weighted by molar-refractivity contribution is -0.131. The van der Waals surface area contributed by atoms with E-state index in [1.165, 1.54) is 22.4 Å². The Labute approximate surface area is 130 Å². The highest BCUT2D eigenvalue weighted by Crippen LogP contribution is 2.32. The zero-order valence-electron chi connectivity index (χ0n) is 11.2. The van der Waals surface area contributed by atoms with E-state index in [0.29, 0.717) is 10.7 Å². The molecule has 0 radical (unpaired) electrons. The molecule has 3 amide bonds. The van der Waals surface area contributed by atoms with Gasteiger partial charge in [0, 0.05) is 11.1 Å². The van der Waals surface area contributed by atoms with E-state index in [-0.39, 0.29) is 12.5 Å². The minimum Gasteiger partial charge on any atom is -0.319 e. The standard InChI is InChI=1S/C14H12ClN3O2S/c1-14(11-3-2-6-21-11)12(19)18(13(20)17-14)8-10-5-4-9(15)7-16-10/h2-7H,8H2,1H3,(H,17,20)/t14-/m1/s1. The second-order valence-electron chi connectivity index (χ2n) is 4.89. The van der Waals surface area contributed by atoms with E-state index in [0.717, 1.165) is 4.88 Å². The average Bonchev–Trinajstić information content (AvgIpc) is 3.06. The molecule has 1 aliphatic heterocycles. The van der Waals surface area contributed by atoms with Gasteiger partial charge in [0.15, 0.2) is 5.54 Å². The predicted molar refractivity (Wildman–Crippen MR) is 80.0 cm³/mol. The molecule has 108 valence electrons. The number of amides is 3. The van der Waals surface area contributed by atoms with Crippen LogP contribution < -0.4 is 5.32 Å². The van der Waals surface area contributed by atoms with E-state index < -0.39 is 11.6 Å². The van der Waals surface area contributed by atoms with Crippen LogP contribution >= 0.6 is 22.9 Å². The highest BCUT2D eigenvalue weighted by molar-refractivity contribution is 7.10. The van der Waals surface area contributed by atoms with Gasteiger partial charge in [0.1, 0.15) is 0 Å². The van der Waals surface area contributed by atoms with Crippen LogP contribution in [0, 0.1) is 0 Å². The molecule has 0 aliphatic carbocycles. The van der Waals surface area contributed by atoms with Gasteiger partial charge in [-0.15, -0.1) is 11.3 Å². The van der Waals surface area contributed by atoms with Crippen LogP contribution in [0.4, 0.5) is 4.79 Å². The number of nitrogens with zero attached hydrogens (tertiary/aromatic N) is 2. The fraction of sp³-hybridized carbons (Fsp3) is 0.214. The van der Waals surface area contributed by atoms with Crippen molar-refractivity contribution in [2.45, 2.75) is 19.0 Å². The van der Waals surface area contributed by atoms with Gasteiger partial charge in [-0.2, -0.15) is 0 Å². The van der Waals surface area contributed by atoms with Gasteiger partial charge in [-0.3, -0.25) is 14.7 Å². The third-order valence-electron chi connectivity index (χ3n) is 3.40. The highest BCUT2D eigenvalue weighted by Gasteiger charge is 2.49. The fourth-order valence-electron chi connectivity index (χ4n) is 2.23. The van der Waals surface area contributed by atoms with Crippen LogP contribution in [-0.4, -0.2) is 21.8 Å². The molecule has 1 aliphatic rings. The SMILES string of the molecule is C[C@]1(c2cccs2)NC(=O)N(Cc2ccc(Cl)cn2)C1=O. The van der Waals surface area contributed by atoms with Crippen molar-refractivity contribution in [1.29, 1.82) is 0 Å². The van der Waals surface area contributed by atoms with Crippen LogP contribution in [0.5, 0.6) is 0 Å². The normalized spacial score (nSPS) is 21.7. The number of thiophene rings is 1. The first-order valence-electron chi connectivity index (χ1n) is 6.29. The average molecular weight is 322 g/mol. The molecule has 2 aromatic heterocycles. The maximum Gasteiger partial charge on any atom is 0.325 e. The summed E-state index contributed by atoms with van der Waals surface area (Å²) in [6.45, 7) is 1.84. The molecule has 1 N–H and O–H groups in total. The Bertz CT molecular complexity index is 687. The summed E-state index contributed by atoms with van der Waals surface area (Å²) >= 11 is 7.22. The number of pyridine rings is 1. The van der Waals surface area contributed by atoms with Crippen LogP contribution in [0.25, 0.3) is 0 Å². The summed E-state index contributed by atoms with van der Waals surface area (Å²) in [7, 11) is 0. The monoisotopic (exact) mass is 321 g/mol. The zero-order valence-corrected chi connectivity index (χ0v) is 12.7. The summed E-state index contributed by atoms with van der Waals surface area (Å²) in [6.07, 6.45) is 1.49. The van der Waals surface area contributed by atoms with Gasteiger partial charge in [0.05, 0.1) is 17.3 Å². The number of carbonyl (C=O) groups excluding carboxylic acids is 2. The lowest BCUT2D eigenvalue weighted by Crippen LogP contribution is -2.40. The zero-order chi connectivity index (χ0) is 15.0. The molecular weight excluding hydrogens is 310 g/mol. The van der Waals surface area contributed by atoms with Crippen LogP contribution in [0.1, 0.15) is 17.5 Å². The quantitative estimate of drug-likeness (QED) is 0.884. The summed E-state index contributed by atoms with van der Waals surface area (Å²) in [5.74, 6) is -0.272. The van der Waals surface area contributed by atoms with Crippen molar-refractivity contribution >= 4 is 34.9 Å². The molecule has 3 rings (SSSR count). The molecule has 7 heteroatoms. The van der Waals surface area contributed by atoms with E-state index in [2.05, 4.69) is 10.3 Å². The largest absolute Gasteiger partial charge is 0.325 e. The van der Waals surface area contributed by atoms with Gasteiger partial charge >= 0.3 is 6.03 Å². The first-order chi connectivity index (χ1) is 10.0. The molecule has 0 spiro atoms. The predicted octanol–water partition coefficient (Wildman–Crippen LogP) is 2.76. The molecule has 1 saturated heterocycles. The van der Waals surface area contributed by atoms with Gasteiger partial charge in [0.25, 0.3) is 5.91 Å². The summed E-state index contributed by atoms with van der Waals surface area (Å²) in [5.41, 5.74) is -0.393. The minimum atomic E-state index is -1.00. The van der Waals surface area contributed by atoms with Crippen molar-refractivity contribution in [3.63, 3.8) is 0 Å². The molecule has 1 fully saturated rings. The lowest BCUT2D eigenvalue weighted by atomic mass is 10.0. The number of rotatable bonds is 3. The molecular formula is C14H12ClN3O2S. The number of nitrogens with one attached hydrogen (secondary N) is 1. The Morgan fingerprint density at radius 2 is 2.19 bits per heavy atom. The second-order valence-corrected chi connectivity index (χ2v) is 6.28. The van der Waals surface area contributed by atoms with Crippen LogP contribution in [0.3, 0.4) is 0 Å². The van der Waals surface area contributed by atoms with Crippen molar-refractivity contribution in [3.05, 3.63) is 51.4 Å². The molecule has 2 aromatic rings. The maximum absolute atomic E-state index is 12.6. The number of urea groups is 1. The Morgan fingerprint density at radius 3 is 2.81 bits per heavy atom. The molecule has 0 bridgehead atoms. The van der Waals surface area contributed by atoms with Crippen molar-refractivity contribution in [1.82, 2.24) is 15.2 Å². The summed E-state index contributed by atoms with van der Waals surface area (Å²) in [6, 6.07) is 6.67. The van der Waals surface area contributed by atoms with Crippen LogP contribution in [-0.2, 0) is 16.9 Å². The number of imide groups is 1. The number of aromatic nitrogens is 1. The minimum absolute atomic E-state index is 0.128. The Kier molecular flexibility index (Phi) is 3.43. The van der Waals surface area contributed by atoms with E-state index in [4.69, 9.17) is 11.6 Å². The molecule has 3 heterocycles. The van der Waals surface area contributed by atoms with Crippen molar-refractivity contribution in [3.8, 4) is 0 Å². The number of carbonyl (C=O) groups is 2. The molecule has 0 saturated carbocycles. The smallest absolute Gasteiger partial charge is 0.319 e. The number of halogens is 1. The lowest BCUT2D eigenvalue weighted by Gasteiger charge is -2.20. The topological polar surface area (TPSA) is 62.3 Å². The number of hydrogen-bond acceptors (Lipinski definition) is 4. The van der Waals surface area contributed by atoms with E-state index in [1.54, 1.807) is 19.1 Å². The maximum atomic E-state index is 12.6. The fourth-order valence-corrected chi connectivity index (χ4v) is 3.18. The number of hydrogen-bond donors (Lipinski definition) is 1. The molecule has 1 atom stereocenters. The first kappa shape index (κ1) is 14.0. The van der Waals surface area contributed by atoms with Gasteiger partial charge in [-0.1, -0.05) is 17.7 Å². The van der Waals surface area contributed by atoms with Crippen LogP contribution in [0.2, 0.25) is 5.02 Å². The second kappa shape index (κ2) is 5.13. The molecule has 21 heavy (non-hydrogen) atoms. The third-order valence-corrected chi connectivity index (χ3v) is 4.71. The first-order valence-corrected chi connectivity index (χ1v) is 7.55. The Hall–Kier alpha value is -1.92. The molecule has 5 nitrogen and oxygen atoms in total. The Morgan fingerprint density at radius 1 is 1.38 bits per heavy atom. The van der Waals surface area contributed by atoms with E-state index >= 15 is 0 Å². The Balaban J connectivity index is 1.86. The summed E-state index contributed by atoms with van der Waals surface area (Å²) in [4.78, 5) is 30.8.